The number of hydrogen-bond acceptors (Lipinski definition) is 3. The standard InChI is InChI=1S/C10H16N4S/c1-13-9(11-12-10(13)15)14(8-4-5-8)6-7-2-3-7/h7-8H,2-6H2,1H3,(H,12,15). The van der Waals surface area contributed by atoms with Gasteiger partial charge in [-0.3, -0.25) is 4.57 Å². The summed E-state index contributed by atoms with van der Waals surface area (Å²) >= 11 is 5.15. The van der Waals surface area contributed by atoms with E-state index in [0.29, 0.717) is 4.77 Å². The van der Waals surface area contributed by atoms with E-state index in [1.165, 1.54) is 25.7 Å². The third kappa shape index (κ3) is 1.80. The summed E-state index contributed by atoms with van der Waals surface area (Å²) in [5.74, 6) is 1.92. The van der Waals surface area contributed by atoms with Gasteiger partial charge in [0.05, 0.1) is 0 Å². The van der Waals surface area contributed by atoms with E-state index < -0.39 is 0 Å². The fraction of sp³-hybridized carbons (Fsp3) is 0.800. The molecule has 2 aliphatic carbocycles. The van der Waals surface area contributed by atoms with E-state index in [4.69, 9.17) is 12.2 Å². The van der Waals surface area contributed by atoms with E-state index in [2.05, 4.69) is 15.1 Å². The lowest BCUT2D eigenvalue weighted by Gasteiger charge is -2.22. The zero-order chi connectivity index (χ0) is 10.4. The van der Waals surface area contributed by atoms with Gasteiger partial charge in [-0.05, 0) is 43.8 Å². The fourth-order valence-electron chi connectivity index (χ4n) is 1.95. The van der Waals surface area contributed by atoms with E-state index in [9.17, 15) is 0 Å². The number of aromatic amines is 1. The van der Waals surface area contributed by atoms with Crippen LogP contribution in [0.3, 0.4) is 0 Å². The van der Waals surface area contributed by atoms with Gasteiger partial charge in [0.15, 0.2) is 4.77 Å². The van der Waals surface area contributed by atoms with Crippen LogP contribution < -0.4 is 4.90 Å². The highest BCUT2D eigenvalue weighted by atomic mass is 32.1. The second-order valence-corrected chi connectivity index (χ2v) is 5.10. The fourth-order valence-corrected chi connectivity index (χ4v) is 2.08. The summed E-state index contributed by atoms with van der Waals surface area (Å²) in [7, 11) is 1.99. The Bertz CT molecular complexity index is 413. The lowest BCUT2D eigenvalue weighted by atomic mass is 10.3. The molecule has 82 valence electrons. The van der Waals surface area contributed by atoms with Crippen molar-refractivity contribution < 1.29 is 0 Å². The Morgan fingerprint density at radius 1 is 1.47 bits per heavy atom. The lowest BCUT2D eigenvalue weighted by molar-refractivity contribution is 0.677. The van der Waals surface area contributed by atoms with Crippen LogP contribution in [0, 0.1) is 10.7 Å². The molecule has 0 amide bonds. The Morgan fingerprint density at radius 3 is 2.67 bits per heavy atom. The van der Waals surface area contributed by atoms with Crippen LogP contribution >= 0.6 is 12.2 Å². The van der Waals surface area contributed by atoms with Crippen LogP contribution in [0.1, 0.15) is 25.7 Å². The highest BCUT2D eigenvalue weighted by molar-refractivity contribution is 7.71. The minimum Gasteiger partial charge on any atom is -0.338 e. The Balaban J connectivity index is 1.86. The van der Waals surface area contributed by atoms with Crippen molar-refractivity contribution in [2.24, 2.45) is 13.0 Å². The van der Waals surface area contributed by atoms with Crippen molar-refractivity contribution in [2.75, 3.05) is 11.4 Å². The van der Waals surface area contributed by atoms with Crippen LogP contribution in [-0.2, 0) is 7.05 Å². The van der Waals surface area contributed by atoms with Crippen LogP contribution in [0.5, 0.6) is 0 Å². The summed E-state index contributed by atoms with van der Waals surface area (Å²) in [5.41, 5.74) is 0. The summed E-state index contributed by atoms with van der Waals surface area (Å²) < 4.78 is 2.70. The molecule has 0 aliphatic heterocycles. The second kappa shape index (κ2) is 3.33. The molecule has 1 aromatic rings. The predicted molar refractivity (Wildman–Crippen MR) is 61.5 cm³/mol. The summed E-state index contributed by atoms with van der Waals surface area (Å²) in [6.45, 7) is 1.16. The average molecular weight is 224 g/mol. The molecule has 1 aromatic heterocycles. The Morgan fingerprint density at radius 2 is 2.20 bits per heavy atom. The molecule has 0 unspecified atom stereocenters. The first-order valence-corrected chi connectivity index (χ1v) is 6.04. The first-order valence-electron chi connectivity index (χ1n) is 5.64. The normalized spacial score (nSPS) is 20.6. The van der Waals surface area contributed by atoms with Crippen LogP contribution in [0.4, 0.5) is 5.95 Å². The van der Waals surface area contributed by atoms with Gasteiger partial charge in [0, 0.05) is 19.6 Å². The first kappa shape index (κ1) is 9.39. The van der Waals surface area contributed by atoms with E-state index in [1.54, 1.807) is 0 Å². The molecular formula is C10H16N4S. The first-order chi connectivity index (χ1) is 7.25. The van der Waals surface area contributed by atoms with Crippen LogP contribution in [0.2, 0.25) is 0 Å². The van der Waals surface area contributed by atoms with E-state index in [-0.39, 0.29) is 0 Å². The number of nitrogens with one attached hydrogen (secondary N) is 1. The quantitative estimate of drug-likeness (QED) is 0.793. The van der Waals surface area contributed by atoms with Crippen molar-refractivity contribution >= 4 is 18.2 Å². The summed E-state index contributed by atoms with van der Waals surface area (Å²) in [4.78, 5) is 2.43. The SMILES string of the molecule is Cn1c(N(CC2CC2)C2CC2)n[nH]c1=S. The zero-order valence-corrected chi connectivity index (χ0v) is 9.76. The predicted octanol–water partition coefficient (Wildman–Crippen LogP) is 1.86. The van der Waals surface area contributed by atoms with Crippen molar-refractivity contribution in [3.8, 4) is 0 Å². The number of nitrogens with zero attached hydrogens (tertiary/aromatic N) is 3. The van der Waals surface area contributed by atoms with Gasteiger partial charge >= 0.3 is 0 Å². The lowest BCUT2D eigenvalue weighted by Crippen LogP contribution is -2.30. The number of rotatable bonds is 4. The van der Waals surface area contributed by atoms with Crippen molar-refractivity contribution in [3.05, 3.63) is 4.77 Å². The molecule has 4 nitrogen and oxygen atoms in total. The summed E-state index contributed by atoms with van der Waals surface area (Å²) in [6, 6.07) is 0.717. The van der Waals surface area contributed by atoms with Crippen molar-refractivity contribution in [2.45, 2.75) is 31.7 Å². The number of aromatic nitrogens is 3. The van der Waals surface area contributed by atoms with Crippen molar-refractivity contribution in [3.63, 3.8) is 0 Å². The molecule has 0 aromatic carbocycles. The van der Waals surface area contributed by atoms with E-state index in [1.807, 2.05) is 11.6 Å². The molecule has 3 rings (SSSR count). The second-order valence-electron chi connectivity index (χ2n) is 4.71. The van der Waals surface area contributed by atoms with Crippen LogP contribution in [0.25, 0.3) is 0 Å². The van der Waals surface area contributed by atoms with Gasteiger partial charge in [-0.2, -0.15) is 0 Å². The molecule has 0 atom stereocenters. The zero-order valence-electron chi connectivity index (χ0n) is 8.94. The minimum atomic E-state index is 0.714. The van der Waals surface area contributed by atoms with Gasteiger partial charge in [-0.15, -0.1) is 5.10 Å². The van der Waals surface area contributed by atoms with Gasteiger partial charge in [-0.1, -0.05) is 0 Å². The molecule has 0 radical (unpaired) electrons. The van der Waals surface area contributed by atoms with E-state index >= 15 is 0 Å². The smallest absolute Gasteiger partial charge is 0.225 e. The average Bonchev–Trinajstić information content (AvgIpc) is 3.10. The number of hydrogen-bond donors (Lipinski definition) is 1. The topological polar surface area (TPSA) is 36.9 Å². The van der Waals surface area contributed by atoms with Gasteiger partial charge in [0.25, 0.3) is 0 Å². The number of anilines is 1. The molecule has 0 saturated heterocycles. The Kier molecular flexibility index (Phi) is 2.09. The maximum Gasteiger partial charge on any atom is 0.225 e. The molecule has 0 spiro atoms. The monoisotopic (exact) mass is 224 g/mol. The third-order valence-corrected chi connectivity index (χ3v) is 3.62. The molecule has 5 heteroatoms. The molecule has 0 bridgehead atoms. The molecule has 1 heterocycles. The summed E-state index contributed by atoms with van der Waals surface area (Å²) in [6.07, 6.45) is 5.40. The number of H-pyrrole nitrogens is 1. The summed E-state index contributed by atoms with van der Waals surface area (Å²) in [5, 5.41) is 7.20. The largest absolute Gasteiger partial charge is 0.338 e. The Hall–Kier alpha value is -0.840. The molecule has 2 saturated carbocycles. The molecule has 15 heavy (non-hydrogen) atoms. The van der Waals surface area contributed by atoms with Crippen molar-refractivity contribution in [1.82, 2.24) is 14.8 Å². The van der Waals surface area contributed by atoms with Gasteiger partial charge in [-0.25, -0.2) is 5.10 Å². The third-order valence-electron chi connectivity index (χ3n) is 3.25. The van der Waals surface area contributed by atoms with Gasteiger partial charge in [0.2, 0.25) is 5.95 Å². The maximum absolute atomic E-state index is 5.15. The van der Waals surface area contributed by atoms with Crippen LogP contribution in [-0.4, -0.2) is 27.4 Å². The molecule has 2 aliphatic rings. The van der Waals surface area contributed by atoms with Gasteiger partial charge < -0.3 is 4.90 Å². The maximum atomic E-state index is 5.15. The highest BCUT2D eigenvalue weighted by Crippen LogP contribution is 2.36. The van der Waals surface area contributed by atoms with Crippen molar-refractivity contribution in [1.29, 1.82) is 0 Å². The molecule has 2 fully saturated rings. The van der Waals surface area contributed by atoms with Gasteiger partial charge in [0.1, 0.15) is 0 Å². The Labute approximate surface area is 94.3 Å². The van der Waals surface area contributed by atoms with Crippen LogP contribution in [0.15, 0.2) is 0 Å². The minimum absolute atomic E-state index is 0.714. The highest BCUT2D eigenvalue weighted by Gasteiger charge is 2.35. The molecular weight excluding hydrogens is 208 g/mol. The van der Waals surface area contributed by atoms with E-state index in [0.717, 1.165) is 24.5 Å². The molecule has 1 N–H and O–H groups in total.